The number of rotatable bonds is 3. The fourth-order valence-corrected chi connectivity index (χ4v) is 1.34. The molecule has 1 rings (SSSR count). The highest BCUT2D eigenvalue weighted by molar-refractivity contribution is 5.26. The van der Waals surface area contributed by atoms with Crippen LogP contribution < -0.4 is 0 Å². The smallest absolute Gasteiger partial charge is 0.0840 e. The van der Waals surface area contributed by atoms with Crippen LogP contribution in [-0.2, 0) is 16.9 Å². The van der Waals surface area contributed by atoms with Gasteiger partial charge in [-0.1, -0.05) is 24.3 Å². The van der Waals surface area contributed by atoms with Gasteiger partial charge in [-0.3, -0.25) is 0 Å². The van der Waals surface area contributed by atoms with Crippen LogP contribution in [0.4, 0.5) is 0 Å². The molecular formula is C14H22O2. The highest BCUT2D eigenvalue weighted by Crippen LogP contribution is 2.21. The second kappa shape index (κ2) is 4.56. The van der Waals surface area contributed by atoms with Crippen molar-refractivity contribution in [1.82, 2.24) is 0 Å². The summed E-state index contributed by atoms with van der Waals surface area (Å²) in [5.74, 6) is 0. The molecule has 0 aliphatic carbocycles. The summed E-state index contributed by atoms with van der Waals surface area (Å²) in [6.07, 6.45) is 0. The Balaban J connectivity index is 2.76. The Bertz CT molecular complexity index is 342. The summed E-state index contributed by atoms with van der Waals surface area (Å²) in [6, 6.07) is 7.89. The number of ether oxygens (including phenoxy) is 1. The summed E-state index contributed by atoms with van der Waals surface area (Å²) in [6.45, 7) is 10.3. The van der Waals surface area contributed by atoms with Gasteiger partial charge in [-0.25, -0.2) is 0 Å². The third kappa shape index (κ3) is 4.33. The lowest BCUT2D eigenvalue weighted by Gasteiger charge is -2.21. The van der Waals surface area contributed by atoms with Crippen LogP contribution in [0.2, 0.25) is 0 Å². The molecule has 0 spiro atoms. The molecule has 1 aromatic carbocycles. The second-order valence-electron chi connectivity index (χ2n) is 5.66. The van der Waals surface area contributed by atoms with E-state index >= 15 is 0 Å². The second-order valence-corrected chi connectivity index (χ2v) is 5.66. The van der Waals surface area contributed by atoms with Crippen molar-refractivity contribution in [3.05, 3.63) is 35.4 Å². The summed E-state index contributed by atoms with van der Waals surface area (Å²) >= 11 is 0. The third-order valence-electron chi connectivity index (χ3n) is 2.31. The molecule has 0 saturated carbocycles. The molecule has 0 heterocycles. The first-order chi connectivity index (χ1) is 7.18. The van der Waals surface area contributed by atoms with Crippen LogP contribution in [0.15, 0.2) is 24.3 Å². The summed E-state index contributed by atoms with van der Waals surface area (Å²) in [4.78, 5) is 0. The molecule has 1 N–H and O–H groups in total. The van der Waals surface area contributed by atoms with E-state index in [1.807, 2.05) is 45.0 Å². The normalized spacial score (nSPS) is 12.9. The molecular weight excluding hydrogens is 200 g/mol. The Hall–Kier alpha value is -0.860. The largest absolute Gasteiger partial charge is 0.386 e. The average molecular weight is 222 g/mol. The van der Waals surface area contributed by atoms with Crippen LogP contribution in [0.5, 0.6) is 0 Å². The molecule has 0 radical (unpaired) electrons. The average Bonchev–Trinajstić information content (AvgIpc) is 2.13. The van der Waals surface area contributed by atoms with Gasteiger partial charge in [0.1, 0.15) is 0 Å². The van der Waals surface area contributed by atoms with Gasteiger partial charge in [-0.05, 0) is 45.7 Å². The molecule has 0 unspecified atom stereocenters. The van der Waals surface area contributed by atoms with E-state index in [0.717, 1.165) is 11.1 Å². The van der Waals surface area contributed by atoms with Crippen LogP contribution in [0, 0.1) is 0 Å². The van der Waals surface area contributed by atoms with Crippen molar-refractivity contribution < 1.29 is 9.84 Å². The Morgan fingerprint density at radius 1 is 1.12 bits per heavy atom. The molecule has 0 aliphatic heterocycles. The van der Waals surface area contributed by atoms with E-state index in [-0.39, 0.29) is 5.60 Å². The first kappa shape index (κ1) is 13.2. The summed E-state index contributed by atoms with van der Waals surface area (Å²) in [5.41, 5.74) is 1.08. The lowest BCUT2D eigenvalue weighted by molar-refractivity contribution is -0.0151. The van der Waals surface area contributed by atoms with Crippen molar-refractivity contribution in [2.45, 2.75) is 52.4 Å². The van der Waals surface area contributed by atoms with Gasteiger partial charge in [0.15, 0.2) is 0 Å². The van der Waals surface area contributed by atoms with Crippen molar-refractivity contribution in [1.29, 1.82) is 0 Å². The maximum atomic E-state index is 9.90. The molecule has 16 heavy (non-hydrogen) atoms. The lowest BCUT2D eigenvalue weighted by Crippen LogP contribution is -2.19. The summed E-state index contributed by atoms with van der Waals surface area (Å²) < 4.78 is 5.70. The topological polar surface area (TPSA) is 29.5 Å². The van der Waals surface area contributed by atoms with Gasteiger partial charge >= 0.3 is 0 Å². The van der Waals surface area contributed by atoms with Crippen molar-refractivity contribution in [2.24, 2.45) is 0 Å². The zero-order chi connectivity index (χ0) is 12.4. The molecule has 2 heteroatoms. The first-order valence-corrected chi connectivity index (χ1v) is 5.64. The number of benzene rings is 1. The van der Waals surface area contributed by atoms with Crippen molar-refractivity contribution in [2.75, 3.05) is 0 Å². The molecule has 0 aliphatic rings. The predicted molar refractivity (Wildman–Crippen MR) is 66.2 cm³/mol. The Kier molecular flexibility index (Phi) is 3.76. The highest BCUT2D eigenvalue weighted by Gasteiger charge is 2.16. The molecule has 0 fully saturated rings. The van der Waals surface area contributed by atoms with Crippen LogP contribution in [0.25, 0.3) is 0 Å². The molecule has 90 valence electrons. The van der Waals surface area contributed by atoms with E-state index in [4.69, 9.17) is 4.74 Å². The lowest BCUT2D eigenvalue weighted by atomic mass is 9.97. The Morgan fingerprint density at radius 2 is 1.75 bits per heavy atom. The zero-order valence-electron chi connectivity index (χ0n) is 10.9. The molecule has 0 atom stereocenters. The zero-order valence-corrected chi connectivity index (χ0v) is 10.9. The van der Waals surface area contributed by atoms with E-state index in [2.05, 4.69) is 0 Å². The minimum atomic E-state index is -0.794. The van der Waals surface area contributed by atoms with Crippen molar-refractivity contribution in [3.8, 4) is 0 Å². The van der Waals surface area contributed by atoms with Crippen LogP contribution in [-0.4, -0.2) is 10.7 Å². The Labute approximate surface area is 98.3 Å². The van der Waals surface area contributed by atoms with E-state index in [0.29, 0.717) is 6.61 Å². The Morgan fingerprint density at radius 3 is 2.25 bits per heavy atom. The fourth-order valence-electron chi connectivity index (χ4n) is 1.34. The number of aliphatic hydroxyl groups is 1. The van der Waals surface area contributed by atoms with E-state index < -0.39 is 5.60 Å². The van der Waals surface area contributed by atoms with Crippen LogP contribution in [0.1, 0.15) is 45.7 Å². The molecule has 0 aromatic heterocycles. The number of hydrogen-bond donors (Lipinski definition) is 1. The molecule has 0 bridgehead atoms. The van der Waals surface area contributed by atoms with E-state index in [1.165, 1.54) is 0 Å². The molecule has 0 amide bonds. The standard InChI is InChI=1S/C14H22O2/c1-13(2,3)16-10-11-7-6-8-12(9-11)14(4,5)15/h6-9,15H,10H2,1-5H3. The van der Waals surface area contributed by atoms with Gasteiger partial charge in [0.05, 0.1) is 17.8 Å². The molecule has 0 saturated heterocycles. The predicted octanol–water partition coefficient (Wildman–Crippen LogP) is 3.23. The van der Waals surface area contributed by atoms with Gasteiger partial charge in [-0.15, -0.1) is 0 Å². The van der Waals surface area contributed by atoms with Crippen molar-refractivity contribution >= 4 is 0 Å². The van der Waals surface area contributed by atoms with Gasteiger partial charge < -0.3 is 9.84 Å². The third-order valence-corrected chi connectivity index (χ3v) is 2.31. The number of hydrogen-bond acceptors (Lipinski definition) is 2. The van der Waals surface area contributed by atoms with Crippen LogP contribution in [0.3, 0.4) is 0 Å². The van der Waals surface area contributed by atoms with E-state index in [9.17, 15) is 5.11 Å². The minimum Gasteiger partial charge on any atom is -0.386 e. The maximum Gasteiger partial charge on any atom is 0.0840 e. The summed E-state index contributed by atoms with van der Waals surface area (Å²) in [5, 5.41) is 9.90. The molecule has 2 nitrogen and oxygen atoms in total. The highest BCUT2D eigenvalue weighted by atomic mass is 16.5. The fraction of sp³-hybridized carbons (Fsp3) is 0.571. The van der Waals surface area contributed by atoms with Gasteiger partial charge in [-0.2, -0.15) is 0 Å². The minimum absolute atomic E-state index is 0.134. The van der Waals surface area contributed by atoms with Crippen molar-refractivity contribution in [3.63, 3.8) is 0 Å². The quantitative estimate of drug-likeness (QED) is 0.850. The molecule has 1 aromatic rings. The maximum absolute atomic E-state index is 9.90. The van der Waals surface area contributed by atoms with E-state index in [1.54, 1.807) is 13.8 Å². The van der Waals surface area contributed by atoms with Gasteiger partial charge in [0.25, 0.3) is 0 Å². The first-order valence-electron chi connectivity index (χ1n) is 5.64. The van der Waals surface area contributed by atoms with Gasteiger partial charge in [0, 0.05) is 0 Å². The SMILES string of the molecule is CC(C)(C)OCc1cccc(C(C)(C)O)c1. The monoisotopic (exact) mass is 222 g/mol. The van der Waals surface area contributed by atoms with Crippen LogP contribution >= 0.6 is 0 Å². The van der Waals surface area contributed by atoms with Gasteiger partial charge in [0.2, 0.25) is 0 Å². The summed E-state index contributed by atoms with van der Waals surface area (Å²) in [7, 11) is 0.